The van der Waals surface area contributed by atoms with Gasteiger partial charge in [-0.2, -0.15) is 0 Å². The number of hydrogen-bond donors (Lipinski definition) is 1. The zero-order valence-corrected chi connectivity index (χ0v) is 18.1. The minimum atomic E-state index is -1.38. The summed E-state index contributed by atoms with van der Waals surface area (Å²) in [6.45, 7) is 10.7. The van der Waals surface area contributed by atoms with Gasteiger partial charge in [-0.05, 0) is 62.0 Å². The van der Waals surface area contributed by atoms with Crippen LogP contribution in [0.1, 0.15) is 50.7 Å². The number of Topliss-reactive ketones (excluding diaryl/α,β-unsaturated/α-hetero) is 1. The summed E-state index contributed by atoms with van der Waals surface area (Å²) >= 11 is 0. The van der Waals surface area contributed by atoms with Crippen LogP contribution in [0, 0.1) is 16.9 Å². The highest BCUT2D eigenvalue weighted by Crippen LogP contribution is 2.50. The first-order valence-electron chi connectivity index (χ1n) is 9.87. The fourth-order valence-corrected chi connectivity index (χ4v) is 4.73. The number of fused-ring (bicyclic) bond motifs is 1. The van der Waals surface area contributed by atoms with Crippen LogP contribution in [-0.4, -0.2) is 25.1 Å². The van der Waals surface area contributed by atoms with Crippen molar-refractivity contribution >= 4 is 19.9 Å². The summed E-state index contributed by atoms with van der Waals surface area (Å²) in [5.74, 6) is 3.40. The van der Waals surface area contributed by atoms with Crippen molar-refractivity contribution in [3.8, 4) is 11.5 Å². The molecule has 0 spiro atoms. The second-order valence-electron chi connectivity index (χ2n) is 9.23. The predicted octanol–water partition coefficient (Wildman–Crippen LogP) is 5.14. The molecule has 1 N–H and O–H groups in total. The first-order valence-corrected chi connectivity index (χ1v) is 13.4. The minimum Gasteiger partial charge on any atom is -0.392 e. The van der Waals surface area contributed by atoms with Crippen molar-refractivity contribution in [1.29, 1.82) is 0 Å². The molecule has 2 nitrogen and oxygen atoms in total. The van der Waals surface area contributed by atoms with Crippen LogP contribution in [0.3, 0.4) is 0 Å². The highest BCUT2D eigenvalue weighted by atomic mass is 28.3. The molecule has 0 saturated heterocycles. The van der Waals surface area contributed by atoms with E-state index >= 15 is 0 Å². The van der Waals surface area contributed by atoms with Gasteiger partial charge in [-0.25, -0.2) is 0 Å². The van der Waals surface area contributed by atoms with Gasteiger partial charge in [0.05, 0.1) is 6.10 Å². The van der Waals surface area contributed by atoms with E-state index in [9.17, 15) is 9.90 Å². The largest absolute Gasteiger partial charge is 0.392 e. The van der Waals surface area contributed by atoms with Crippen molar-refractivity contribution in [2.45, 2.75) is 65.3 Å². The quantitative estimate of drug-likeness (QED) is 0.417. The summed E-state index contributed by atoms with van der Waals surface area (Å²) in [4.78, 5) is 12.9. The third-order valence-corrected chi connectivity index (χ3v) is 6.68. The van der Waals surface area contributed by atoms with Gasteiger partial charge in [0.25, 0.3) is 0 Å². The van der Waals surface area contributed by atoms with Crippen molar-refractivity contribution < 1.29 is 9.90 Å². The van der Waals surface area contributed by atoms with Crippen LogP contribution in [0.2, 0.25) is 19.6 Å². The van der Waals surface area contributed by atoms with Crippen molar-refractivity contribution in [3.63, 3.8) is 0 Å². The lowest BCUT2D eigenvalue weighted by Crippen LogP contribution is -2.42. The van der Waals surface area contributed by atoms with Crippen molar-refractivity contribution in [2.24, 2.45) is 5.41 Å². The normalized spacial score (nSPS) is 27.3. The number of allylic oxidation sites excluding steroid dienone is 2. The predicted molar refractivity (Wildman–Crippen MR) is 115 cm³/mol. The minimum absolute atomic E-state index is 0.138. The van der Waals surface area contributed by atoms with Gasteiger partial charge in [-0.3, -0.25) is 4.79 Å². The number of aliphatic hydroxyl groups excluding tert-OH is 1. The van der Waals surface area contributed by atoms with Gasteiger partial charge in [-0.15, -0.1) is 5.54 Å². The molecular weight excluding hydrogens is 348 g/mol. The van der Waals surface area contributed by atoms with Gasteiger partial charge in [0.2, 0.25) is 0 Å². The molecule has 0 aliphatic heterocycles. The molecule has 1 saturated carbocycles. The maximum absolute atomic E-state index is 12.9. The molecule has 1 aromatic carbocycles. The Bertz CT molecular complexity index is 872. The van der Waals surface area contributed by atoms with E-state index in [4.69, 9.17) is 0 Å². The number of rotatable bonds is 1. The molecule has 1 aromatic rings. The van der Waals surface area contributed by atoms with E-state index in [1.54, 1.807) is 0 Å². The SMILES string of the molecule is CC1=C2CCC[C@H](O)[C@@]2(C)C/C(=C/c2ccc(C#C[Si](C)(C)C)cc2)C1=O. The average molecular weight is 379 g/mol. The monoisotopic (exact) mass is 378 g/mol. The highest BCUT2D eigenvalue weighted by Gasteiger charge is 2.45. The molecule has 0 aromatic heterocycles. The topological polar surface area (TPSA) is 37.3 Å². The first-order chi connectivity index (χ1) is 12.6. The Labute approximate surface area is 164 Å². The zero-order valence-electron chi connectivity index (χ0n) is 17.1. The number of carbonyl (C=O) groups is 1. The Morgan fingerprint density at radius 1 is 1.22 bits per heavy atom. The van der Waals surface area contributed by atoms with E-state index in [-0.39, 0.29) is 17.3 Å². The Morgan fingerprint density at radius 3 is 2.52 bits per heavy atom. The molecule has 1 fully saturated rings. The summed E-state index contributed by atoms with van der Waals surface area (Å²) < 4.78 is 0. The van der Waals surface area contributed by atoms with E-state index in [0.717, 1.165) is 41.5 Å². The summed E-state index contributed by atoms with van der Waals surface area (Å²) in [7, 11) is -1.38. The third kappa shape index (κ3) is 4.18. The smallest absolute Gasteiger partial charge is 0.184 e. The Kier molecular flexibility index (Phi) is 5.34. The van der Waals surface area contributed by atoms with Gasteiger partial charge in [0.1, 0.15) is 8.07 Å². The number of carbonyl (C=O) groups excluding carboxylic acids is 1. The van der Waals surface area contributed by atoms with Gasteiger partial charge < -0.3 is 5.11 Å². The van der Waals surface area contributed by atoms with E-state index in [2.05, 4.69) is 38.0 Å². The lowest BCUT2D eigenvalue weighted by molar-refractivity contribution is -0.113. The number of hydrogen-bond acceptors (Lipinski definition) is 2. The van der Waals surface area contributed by atoms with E-state index in [1.807, 2.05) is 37.3 Å². The summed E-state index contributed by atoms with van der Waals surface area (Å²) in [5.41, 5.74) is 7.92. The molecule has 0 amide bonds. The number of benzene rings is 1. The summed E-state index contributed by atoms with van der Waals surface area (Å²) in [5, 5.41) is 10.6. The highest BCUT2D eigenvalue weighted by molar-refractivity contribution is 6.83. The van der Waals surface area contributed by atoms with Gasteiger partial charge in [0, 0.05) is 16.6 Å². The molecular formula is C24H30O2Si. The van der Waals surface area contributed by atoms with Crippen molar-refractivity contribution in [2.75, 3.05) is 0 Å². The second-order valence-corrected chi connectivity index (χ2v) is 14.0. The number of aliphatic hydroxyl groups is 1. The van der Waals surface area contributed by atoms with Gasteiger partial charge in [0.15, 0.2) is 5.78 Å². The van der Waals surface area contributed by atoms with E-state index in [1.165, 1.54) is 5.57 Å². The maximum Gasteiger partial charge on any atom is 0.184 e. The van der Waals surface area contributed by atoms with Crippen LogP contribution in [0.4, 0.5) is 0 Å². The molecule has 0 radical (unpaired) electrons. The summed E-state index contributed by atoms with van der Waals surface area (Å²) in [6, 6.07) is 8.11. The molecule has 0 bridgehead atoms. The van der Waals surface area contributed by atoms with E-state index < -0.39 is 8.07 Å². The van der Waals surface area contributed by atoms with E-state index in [0.29, 0.717) is 6.42 Å². The third-order valence-electron chi connectivity index (χ3n) is 5.81. The summed E-state index contributed by atoms with van der Waals surface area (Å²) in [6.07, 6.45) is 4.96. The van der Waals surface area contributed by atoms with Crippen LogP contribution in [0.15, 0.2) is 41.0 Å². The molecule has 0 heterocycles. The molecule has 2 aliphatic carbocycles. The van der Waals surface area contributed by atoms with Crippen LogP contribution in [0.5, 0.6) is 0 Å². The van der Waals surface area contributed by atoms with Crippen LogP contribution < -0.4 is 0 Å². The average Bonchev–Trinajstić information content (AvgIpc) is 2.60. The molecule has 2 aliphatic rings. The van der Waals surface area contributed by atoms with Gasteiger partial charge >= 0.3 is 0 Å². The maximum atomic E-state index is 12.9. The van der Waals surface area contributed by atoms with Crippen LogP contribution in [-0.2, 0) is 4.79 Å². The fourth-order valence-electron chi connectivity index (χ4n) is 4.21. The van der Waals surface area contributed by atoms with Gasteiger partial charge in [-0.1, -0.05) is 50.2 Å². The Morgan fingerprint density at radius 2 is 1.89 bits per heavy atom. The van der Waals surface area contributed by atoms with Crippen LogP contribution in [0.25, 0.3) is 6.08 Å². The standard InChI is InChI=1S/C24H30O2Si/c1-17-21-7-6-8-22(25)24(21,2)16-20(23(17)26)15-19-11-9-18(10-12-19)13-14-27(3,4)5/h9-12,15,22,25H,6-8,16H2,1-5H3/b20-15-/t22-,24-/m0/s1. The lowest BCUT2D eigenvalue weighted by Gasteiger charge is -2.45. The fraction of sp³-hybridized carbons (Fsp3) is 0.458. The molecule has 142 valence electrons. The molecule has 3 rings (SSSR count). The lowest BCUT2D eigenvalue weighted by atomic mass is 9.61. The van der Waals surface area contributed by atoms with Crippen molar-refractivity contribution in [3.05, 3.63) is 52.1 Å². The molecule has 2 atom stereocenters. The molecule has 0 unspecified atom stereocenters. The Balaban J connectivity index is 1.90. The first kappa shape index (κ1) is 19.9. The molecule has 3 heteroatoms. The molecule has 27 heavy (non-hydrogen) atoms. The second kappa shape index (κ2) is 7.26. The van der Waals surface area contributed by atoms with Crippen molar-refractivity contribution in [1.82, 2.24) is 0 Å². The van der Waals surface area contributed by atoms with Crippen LogP contribution >= 0.6 is 0 Å². The zero-order chi connectivity index (χ0) is 19.8. The number of ketones is 1. The Hall–Kier alpha value is -1.89.